The molecule has 0 aromatic heterocycles. The number of rotatable bonds is 8. The summed E-state index contributed by atoms with van der Waals surface area (Å²) >= 11 is 0. The highest BCUT2D eigenvalue weighted by atomic mass is 16.6. The van der Waals surface area contributed by atoms with Gasteiger partial charge in [0, 0.05) is 13.0 Å². The molecule has 0 saturated heterocycles. The molecule has 0 aliphatic heterocycles. The van der Waals surface area contributed by atoms with Crippen LogP contribution in [0, 0.1) is 0 Å². The van der Waals surface area contributed by atoms with Crippen LogP contribution in [0.1, 0.15) is 22.3 Å². The Hall–Kier alpha value is -3.35. The third-order valence-electron chi connectivity index (χ3n) is 3.42. The van der Waals surface area contributed by atoms with Gasteiger partial charge in [-0.15, -0.1) is 0 Å². The Kier molecular flexibility index (Phi) is 7.17. The maximum atomic E-state index is 11.9. The summed E-state index contributed by atoms with van der Waals surface area (Å²) in [4.78, 5) is 34.8. The van der Waals surface area contributed by atoms with Crippen LogP contribution in [0.2, 0.25) is 0 Å². The number of hydrogen-bond acceptors (Lipinski definition) is 5. The summed E-state index contributed by atoms with van der Waals surface area (Å²) in [6.45, 7) is 0.102. The number of aliphatic carboxylic acids is 1. The van der Waals surface area contributed by atoms with Crippen LogP contribution >= 0.6 is 0 Å². The molecule has 2 N–H and O–H groups in total. The van der Waals surface area contributed by atoms with Crippen LogP contribution in [-0.4, -0.2) is 35.8 Å². The Balaban J connectivity index is 1.75. The van der Waals surface area contributed by atoms with Gasteiger partial charge >= 0.3 is 18.0 Å². The molecule has 2 aromatic carbocycles. The van der Waals surface area contributed by atoms with Crippen molar-refractivity contribution in [2.45, 2.75) is 19.1 Å². The van der Waals surface area contributed by atoms with Gasteiger partial charge in [0.2, 0.25) is 6.10 Å². The van der Waals surface area contributed by atoms with Crippen molar-refractivity contribution in [3.63, 3.8) is 0 Å². The van der Waals surface area contributed by atoms with Crippen LogP contribution in [-0.2, 0) is 20.9 Å². The minimum absolute atomic E-state index is 0.00728. The number of alkyl carbamates (subject to hydrolysis) is 1. The van der Waals surface area contributed by atoms with E-state index < -0.39 is 24.1 Å². The van der Waals surface area contributed by atoms with Gasteiger partial charge in [-0.3, -0.25) is 0 Å². The molecule has 1 amide bonds. The average Bonchev–Trinajstić information content (AvgIpc) is 2.67. The van der Waals surface area contributed by atoms with E-state index >= 15 is 0 Å². The second-order valence-corrected chi connectivity index (χ2v) is 5.38. The van der Waals surface area contributed by atoms with Gasteiger partial charge in [-0.1, -0.05) is 48.5 Å². The minimum atomic E-state index is -1.36. The zero-order valence-electron chi connectivity index (χ0n) is 14.0. The first-order valence-electron chi connectivity index (χ1n) is 7.99. The summed E-state index contributed by atoms with van der Waals surface area (Å²) in [5, 5.41) is 11.6. The van der Waals surface area contributed by atoms with Crippen LogP contribution in [0.15, 0.2) is 60.7 Å². The van der Waals surface area contributed by atoms with Gasteiger partial charge in [-0.2, -0.15) is 0 Å². The SMILES string of the molecule is O=C(NCCC(OC(=O)c1ccccc1)C(=O)O)OCc1ccccc1. The summed E-state index contributed by atoms with van der Waals surface area (Å²) in [5.74, 6) is -2.02. The third kappa shape index (κ3) is 6.27. The topological polar surface area (TPSA) is 102 Å². The summed E-state index contributed by atoms with van der Waals surface area (Å²) in [5.41, 5.74) is 1.09. The number of carbonyl (C=O) groups is 3. The van der Waals surface area contributed by atoms with Crippen LogP contribution in [0.4, 0.5) is 4.79 Å². The Morgan fingerprint density at radius 3 is 2.19 bits per heavy atom. The molecule has 1 unspecified atom stereocenters. The molecular formula is C19H19NO6. The summed E-state index contributed by atoms with van der Waals surface area (Å²) < 4.78 is 9.99. The molecule has 0 spiro atoms. The maximum absolute atomic E-state index is 11.9. The molecule has 1 atom stereocenters. The molecule has 26 heavy (non-hydrogen) atoms. The number of nitrogens with one attached hydrogen (secondary N) is 1. The third-order valence-corrected chi connectivity index (χ3v) is 3.42. The molecule has 7 nitrogen and oxygen atoms in total. The number of hydrogen-bond donors (Lipinski definition) is 2. The van der Waals surface area contributed by atoms with E-state index in [1.54, 1.807) is 18.2 Å². The fourth-order valence-corrected chi connectivity index (χ4v) is 2.08. The van der Waals surface area contributed by atoms with Crippen LogP contribution < -0.4 is 5.32 Å². The smallest absolute Gasteiger partial charge is 0.407 e. The number of amides is 1. The molecule has 0 heterocycles. The molecule has 0 aliphatic rings. The number of ether oxygens (including phenoxy) is 2. The first-order valence-corrected chi connectivity index (χ1v) is 7.99. The number of carbonyl (C=O) groups excluding carboxylic acids is 2. The zero-order valence-corrected chi connectivity index (χ0v) is 14.0. The van der Waals surface area contributed by atoms with E-state index in [1.807, 2.05) is 30.3 Å². The standard InChI is InChI=1S/C19H19NO6/c21-17(22)16(26-18(23)15-9-5-2-6-10-15)11-12-20-19(24)25-13-14-7-3-1-4-8-14/h1-10,16H,11-13H2,(H,20,24)(H,21,22). The number of carboxylic acid groups (broad SMARTS) is 1. The van der Waals surface area contributed by atoms with Gasteiger partial charge in [0.25, 0.3) is 0 Å². The lowest BCUT2D eigenvalue weighted by molar-refractivity contribution is -0.147. The van der Waals surface area contributed by atoms with Crippen molar-refractivity contribution >= 4 is 18.0 Å². The summed E-state index contributed by atoms with van der Waals surface area (Å²) in [6, 6.07) is 17.2. The van der Waals surface area contributed by atoms with Crippen molar-refractivity contribution in [2.75, 3.05) is 6.54 Å². The first-order chi connectivity index (χ1) is 12.6. The van der Waals surface area contributed by atoms with E-state index in [2.05, 4.69) is 5.32 Å². The highest BCUT2D eigenvalue weighted by Gasteiger charge is 2.23. The molecule has 0 fully saturated rings. The van der Waals surface area contributed by atoms with Gasteiger partial charge in [-0.05, 0) is 17.7 Å². The second kappa shape index (κ2) is 9.83. The van der Waals surface area contributed by atoms with Crippen LogP contribution in [0.25, 0.3) is 0 Å². The lowest BCUT2D eigenvalue weighted by Crippen LogP contribution is -2.33. The zero-order chi connectivity index (χ0) is 18.8. The quantitative estimate of drug-likeness (QED) is 0.704. The van der Waals surface area contributed by atoms with E-state index in [0.717, 1.165) is 5.56 Å². The summed E-state index contributed by atoms with van der Waals surface area (Å²) in [6.07, 6.45) is -2.11. The molecular weight excluding hydrogens is 338 g/mol. The second-order valence-electron chi connectivity index (χ2n) is 5.38. The summed E-state index contributed by atoms with van der Waals surface area (Å²) in [7, 11) is 0. The van der Waals surface area contributed by atoms with Crippen molar-refractivity contribution in [1.29, 1.82) is 0 Å². The molecule has 0 aliphatic carbocycles. The minimum Gasteiger partial charge on any atom is -0.479 e. The van der Waals surface area contributed by atoms with Crippen molar-refractivity contribution in [3.8, 4) is 0 Å². The Labute approximate surface area is 150 Å². The van der Waals surface area contributed by atoms with E-state index in [0.29, 0.717) is 0 Å². The van der Waals surface area contributed by atoms with Crippen molar-refractivity contribution < 1.29 is 29.0 Å². The van der Waals surface area contributed by atoms with Gasteiger partial charge in [0.1, 0.15) is 6.61 Å². The Morgan fingerprint density at radius 2 is 1.58 bits per heavy atom. The Bertz CT molecular complexity index is 732. The van der Waals surface area contributed by atoms with Gasteiger partial charge in [0.15, 0.2) is 0 Å². The van der Waals surface area contributed by atoms with E-state index in [9.17, 15) is 14.4 Å². The van der Waals surface area contributed by atoms with Crippen molar-refractivity contribution in [1.82, 2.24) is 5.32 Å². The van der Waals surface area contributed by atoms with Gasteiger partial charge in [-0.25, -0.2) is 14.4 Å². The molecule has 7 heteroatoms. The molecule has 0 bridgehead atoms. The van der Waals surface area contributed by atoms with Crippen LogP contribution in [0.5, 0.6) is 0 Å². The van der Waals surface area contributed by atoms with Gasteiger partial charge < -0.3 is 19.9 Å². The predicted octanol–water partition coefficient (Wildman–Crippen LogP) is 2.61. The van der Waals surface area contributed by atoms with Crippen LogP contribution in [0.3, 0.4) is 0 Å². The predicted molar refractivity (Wildman–Crippen MR) is 92.5 cm³/mol. The molecule has 136 valence electrons. The molecule has 0 radical (unpaired) electrons. The highest BCUT2D eigenvalue weighted by molar-refractivity contribution is 5.91. The first kappa shape index (κ1) is 19.0. The van der Waals surface area contributed by atoms with E-state index in [4.69, 9.17) is 14.6 Å². The average molecular weight is 357 g/mol. The molecule has 0 saturated carbocycles. The lowest BCUT2D eigenvalue weighted by Gasteiger charge is -2.14. The fourth-order valence-electron chi connectivity index (χ4n) is 2.08. The van der Waals surface area contributed by atoms with Crippen molar-refractivity contribution in [2.24, 2.45) is 0 Å². The Morgan fingerprint density at radius 1 is 0.962 bits per heavy atom. The van der Waals surface area contributed by atoms with Gasteiger partial charge in [0.05, 0.1) is 5.56 Å². The maximum Gasteiger partial charge on any atom is 0.407 e. The largest absolute Gasteiger partial charge is 0.479 e. The van der Waals surface area contributed by atoms with E-state index in [1.165, 1.54) is 12.1 Å². The monoisotopic (exact) mass is 357 g/mol. The molecule has 2 aromatic rings. The highest BCUT2D eigenvalue weighted by Crippen LogP contribution is 2.07. The number of esters is 1. The fraction of sp³-hybridized carbons (Fsp3) is 0.211. The lowest BCUT2D eigenvalue weighted by atomic mass is 10.2. The number of carboxylic acids is 1. The van der Waals surface area contributed by atoms with E-state index in [-0.39, 0.29) is 25.1 Å². The number of benzene rings is 2. The van der Waals surface area contributed by atoms with Crippen molar-refractivity contribution in [3.05, 3.63) is 71.8 Å². The normalized spacial score (nSPS) is 11.2. The molecule has 2 rings (SSSR count).